The number of aromatic hydroxyl groups is 1. The van der Waals surface area contributed by atoms with Crippen LogP contribution in [0.5, 0.6) is 5.75 Å². The number of hydrogen-bond donors (Lipinski definition) is 5. The van der Waals surface area contributed by atoms with E-state index in [0.717, 1.165) is 0 Å². The lowest BCUT2D eigenvalue weighted by molar-refractivity contribution is -0.181. The molecule has 1 aromatic carbocycles. The molecule has 13 heteroatoms. The van der Waals surface area contributed by atoms with Gasteiger partial charge in [-0.3, -0.25) is 33.9 Å². The topological polar surface area (TPSA) is 209 Å². The number of amides is 1. The zero-order valence-corrected chi connectivity index (χ0v) is 24.1. The summed E-state index contributed by atoms with van der Waals surface area (Å²) in [6.07, 6.45) is 0.135. The van der Waals surface area contributed by atoms with Crippen LogP contribution in [0.2, 0.25) is 0 Å². The molecule has 6 atom stereocenters. The number of nitrogens with zero attached hydrogens (tertiary/aromatic N) is 3. The van der Waals surface area contributed by atoms with Crippen LogP contribution in [-0.4, -0.2) is 96.5 Å². The van der Waals surface area contributed by atoms with Crippen molar-refractivity contribution in [2.75, 3.05) is 45.0 Å². The fourth-order valence-corrected chi connectivity index (χ4v) is 6.60. The number of aliphatic imine (C=N–C) groups is 1. The molecule has 1 amide bonds. The van der Waals surface area contributed by atoms with Crippen LogP contribution in [-0.2, 0) is 25.6 Å². The predicted molar refractivity (Wildman–Crippen MR) is 151 cm³/mol. The Hall–Kier alpha value is -3.84. The first kappa shape index (κ1) is 30.1. The number of phenols is 1. The Morgan fingerprint density at radius 2 is 1.78 bits per heavy atom. The second-order valence-corrected chi connectivity index (χ2v) is 12.1. The Kier molecular flexibility index (Phi) is 7.74. The van der Waals surface area contributed by atoms with Gasteiger partial charge in [0.25, 0.3) is 0 Å². The van der Waals surface area contributed by atoms with Crippen LogP contribution >= 0.6 is 0 Å². The number of rotatable bonds is 6. The first-order valence-electron chi connectivity index (χ1n) is 13.5. The molecule has 2 unspecified atom stereocenters. The van der Waals surface area contributed by atoms with Gasteiger partial charge in [-0.05, 0) is 50.4 Å². The molecule has 0 aliphatic heterocycles. The van der Waals surface area contributed by atoms with Gasteiger partial charge in [-0.1, -0.05) is 13.8 Å². The molecule has 13 nitrogen and oxygen atoms in total. The summed E-state index contributed by atoms with van der Waals surface area (Å²) in [6.45, 7) is 4.36. The predicted octanol–water partition coefficient (Wildman–Crippen LogP) is -0.684. The summed E-state index contributed by atoms with van der Waals surface area (Å²) < 4.78 is 0. The van der Waals surface area contributed by atoms with Crippen LogP contribution in [0, 0.1) is 29.6 Å². The number of ketones is 4. The summed E-state index contributed by atoms with van der Waals surface area (Å²) in [5, 5.41) is 25.8. The van der Waals surface area contributed by atoms with Gasteiger partial charge in [0, 0.05) is 32.2 Å². The second-order valence-electron chi connectivity index (χ2n) is 12.1. The fourth-order valence-electron chi connectivity index (χ4n) is 6.60. The van der Waals surface area contributed by atoms with Gasteiger partial charge in [-0.25, -0.2) is 0 Å². The fraction of sp³-hybridized carbons (Fsp3) is 0.571. The van der Waals surface area contributed by atoms with Gasteiger partial charge >= 0.3 is 0 Å². The summed E-state index contributed by atoms with van der Waals surface area (Å²) in [5.74, 6) is -10.8. The van der Waals surface area contributed by atoms with E-state index in [2.05, 4.69) is 10.3 Å². The molecule has 0 saturated heterocycles. The average molecular weight is 571 g/mol. The van der Waals surface area contributed by atoms with Gasteiger partial charge in [0.15, 0.2) is 40.6 Å². The van der Waals surface area contributed by atoms with Crippen molar-refractivity contribution in [2.24, 2.45) is 46.0 Å². The van der Waals surface area contributed by atoms with E-state index in [1.54, 1.807) is 39.2 Å². The number of nitrogens with one attached hydrogen (secondary N) is 1. The summed E-state index contributed by atoms with van der Waals surface area (Å²) in [7, 11) is 6.61. The molecule has 222 valence electrons. The molecule has 41 heavy (non-hydrogen) atoms. The van der Waals surface area contributed by atoms with E-state index in [1.165, 1.54) is 4.90 Å². The van der Waals surface area contributed by atoms with Gasteiger partial charge in [-0.15, -0.1) is 0 Å². The summed E-state index contributed by atoms with van der Waals surface area (Å²) >= 11 is 0. The highest BCUT2D eigenvalue weighted by Crippen LogP contribution is 2.52. The molecule has 2 fully saturated rings. The van der Waals surface area contributed by atoms with Crippen molar-refractivity contribution in [3.8, 4) is 5.75 Å². The number of primary amides is 1. The highest BCUT2D eigenvalue weighted by Gasteiger charge is 2.69. The molecular weight excluding hydrogens is 532 g/mol. The maximum atomic E-state index is 14.0. The number of nitrogens with two attached hydrogens (primary N) is 2. The molecule has 3 aliphatic rings. The lowest BCUT2D eigenvalue weighted by atomic mass is 9.52. The number of benzene rings is 1. The molecule has 7 N–H and O–H groups in total. The molecule has 0 radical (unpaired) electrons. The number of aliphatic hydroxyl groups is 1. The Morgan fingerprint density at radius 1 is 1.15 bits per heavy atom. The molecule has 0 aromatic heterocycles. The normalized spacial score (nSPS) is 29.8. The lowest BCUT2D eigenvalue weighted by Crippen LogP contribution is -2.74. The molecular formula is C28H38N6O7. The number of carbonyl (C=O) groups excluding carboxylic acids is 5. The Bertz CT molecular complexity index is 1370. The third-order valence-corrected chi connectivity index (χ3v) is 8.41. The number of hydrogen-bond acceptors (Lipinski definition) is 10. The van der Waals surface area contributed by atoms with Crippen molar-refractivity contribution >= 4 is 46.4 Å². The molecule has 1 aromatic rings. The van der Waals surface area contributed by atoms with Gasteiger partial charge in [-0.2, -0.15) is 0 Å². The second kappa shape index (κ2) is 10.5. The third kappa shape index (κ3) is 4.66. The van der Waals surface area contributed by atoms with Crippen LogP contribution in [0.25, 0.3) is 0 Å². The lowest BCUT2D eigenvalue weighted by Gasteiger charge is -2.52. The number of guanidine groups is 1. The van der Waals surface area contributed by atoms with Gasteiger partial charge < -0.3 is 31.9 Å². The minimum atomic E-state index is -2.78. The van der Waals surface area contributed by atoms with Crippen LogP contribution in [0.4, 0.5) is 11.4 Å². The van der Waals surface area contributed by atoms with Crippen molar-refractivity contribution in [3.63, 3.8) is 0 Å². The van der Waals surface area contributed by atoms with E-state index in [9.17, 15) is 34.2 Å². The van der Waals surface area contributed by atoms with Crippen LogP contribution < -0.4 is 21.7 Å². The summed E-state index contributed by atoms with van der Waals surface area (Å²) in [4.78, 5) is 74.3. The van der Waals surface area contributed by atoms with Gasteiger partial charge in [0.2, 0.25) is 5.91 Å². The Labute approximate surface area is 237 Å². The molecule has 4 rings (SSSR count). The Morgan fingerprint density at radius 3 is 2.32 bits per heavy atom. The van der Waals surface area contributed by atoms with E-state index in [1.807, 2.05) is 13.8 Å². The minimum absolute atomic E-state index is 0.0215. The number of anilines is 2. The average Bonchev–Trinajstić information content (AvgIpc) is 2.85. The number of likely N-dealkylation sites (N-methyl/N-ethyl adjacent to an activating group) is 1. The van der Waals surface area contributed by atoms with Crippen molar-refractivity contribution in [2.45, 2.75) is 38.3 Å². The van der Waals surface area contributed by atoms with Crippen molar-refractivity contribution < 1.29 is 34.2 Å². The number of fused-ring (bicyclic) bond motifs is 3. The largest absolute Gasteiger partial charge is 0.505 e. The molecule has 0 bridgehead atoms. The number of carbonyl (C=O) groups is 5. The number of phenolic OH excluding ortho intramolecular Hbond substituents is 1. The maximum absolute atomic E-state index is 14.0. The highest BCUT2D eigenvalue weighted by molar-refractivity contribution is 6.32. The number of Topliss-reactive ketones (excluding diaryl/α,β-unsaturated/α-hetero) is 4. The van der Waals surface area contributed by atoms with Crippen molar-refractivity contribution in [3.05, 3.63) is 17.2 Å². The molecule has 2 saturated carbocycles. The first-order valence-corrected chi connectivity index (χ1v) is 13.5. The Balaban J connectivity index is 1.85. The van der Waals surface area contributed by atoms with Crippen molar-refractivity contribution in [1.82, 2.24) is 4.90 Å². The smallest absolute Gasteiger partial charge is 0.235 e. The van der Waals surface area contributed by atoms with Crippen molar-refractivity contribution in [1.29, 1.82) is 0 Å². The van der Waals surface area contributed by atoms with Crippen LogP contribution in [0.15, 0.2) is 11.1 Å². The molecule has 3 aliphatic carbocycles. The summed E-state index contributed by atoms with van der Waals surface area (Å²) in [6, 6.07) is 0.479. The maximum Gasteiger partial charge on any atom is 0.235 e. The molecule has 0 spiro atoms. The van der Waals surface area contributed by atoms with E-state index in [0.29, 0.717) is 17.8 Å². The first-order chi connectivity index (χ1) is 19.0. The zero-order chi connectivity index (χ0) is 30.7. The van der Waals surface area contributed by atoms with E-state index < -0.39 is 70.1 Å². The van der Waals surface area contributed by atoms with Gasteiger partial charge in [0.1, 0.15) is 5.75 Å². The monoisotopic (exact) mass is 570 g/mol. The summed E-state index contributed by atoms with van der Waals surface area (Å²) in [5.41, 5.74) is 9.66. The van der Waals surface area contributed by atoms with E-state index >= 15 is 0 Å². The van der Waals surface area contributed by atoms with Crippen LogP contribution in [0.3, 0.4) is 0 Å². The zero-order valence-electron chi connectivity index (χ0n) is 24.1. The van der Waals surface area contributed by atoms with E-state index in [4.69, 9.17) is 11.5 Å². The quantitative estimate of drug-likeness (QED) is 0.125. The van der Waals surface area contributed by atoms with Crippen LogP contribution in [0.1, 0.15) is 36.2 Å². The van der Waals surface area contributed by atoms with Gasteiger partial charge in [0.05, 0.1) is 23.2 Å². The minimum Gasteiger partial charge on any atom is -0.505 e. The molecule has 0 heterocycles. The third-order valence-electron chi connectivity index (χ3n) is 8.41. The standard InChI is InChI=1S/C28H38N6O7/c1-11(2)10-31-27(30)32-15-9-16(33(3)4)13-7-12-8-14-20(34(5)6)23(37)19(26(29)40)25(39)28(14,41)24(38)17(12)22(36)18(13)21(15)35/h9,11-12,14,17,19-20,35,41H,7-8,10H2,1-6H3,(H2,29,40)(H3,30,31,32)/t12-,14-,17?,19?,20-,28-/m0/s1. The highest BCUT2D eigenvalue weighted by atomic mass is 16.3. The van der Waals surface area contributed by atoms with E-state index in [-0.39, 0.29) is 36.0 Å². The SMILES string of the molecule is CC(C)CN=C(N)Nc1cc(N(C)C)c2c(c1O)C(=O)C1C(=O)[C@]3(O)C(=O)C(C(N)=O)C(=O)[C@@H](N(C)C)[C@@H]3C[C@@H]1C2.